The first-order chi connectivity index (χ1) is 12.7. The number of carbonyl (C=O) groups is 1. The van der Waals surface area contributed by atoms with Gasteiger partial charge in [0, 0.05) is 28.9 Å². The molecule has 26 heavy (non-hydrogen) atoms. The van der Waals surface area contributed by atoms with E-state index in [0.717, 1.165) is 47.2 Å². The maximum Gasteiger partial charge on any atom is 0.328 e. The third-order valence-electron chi connectivity index (χ3n) is 4.97. The predicted octanol–water partition coefficient (Wildman–Crippen LogP) is 3.63. The van der Waals surface area contributed by atoms with E-state index in [0.29, 0.717) is 5.69 Å². The molecule has 0 unspecified atom stereocenters. The van der Waals surface area contributed by atoms with Crippen molar-refractivity contribution in [2.75, 3.05) is 24.3 Å². The molecule has 1 saturated heterocycles. The van der Waals surface area contributed by atoms with Gasteiger partial charge in [0.25, 0.3) is 0 Å². The van der Waals surface area contributed by atoms with Crippen LogP contribution < -0.4 is 10.6 Å². The summed E-state index contributed by atoms with van der Waals surface area (Å²) in [5.74, 6) is -0.191. The number of hydrogen-bond acceptors (Lipinski definition) is 5. The van der Waals surface area contributed by atoms with Crippen molar-refractivity contribution >= 4 is 28.2 Å². The lowest BCUT2D eigenvalue weighted by atomic mass is 10.0. The summed E-state index contributed by atoms with van der Waals surface area (Å²) in [5, 5.41) is 1.03. The highest BCUT2D eigenvalue weighted by molar-refractivity contribution is 5.97. The molecular formula is C21H21N3O2. The fourth-order valence-electron chi connectivity index (χ4n) is 3.70. The first kappa shape index (κ1) is 16.4. The Hall–Kier alpha value is -3.08. The van der Waals surface area contributed by atoms with E-state index in [1.165, 1.54) is 7.11 Å². The van der Waals surface area contributed by atoms with Crippen LogP contribution in [0.2, 0.25) is 0 Å². The van der Waals surface area contributed by atoms with Gasteiger partial charge in [0.1, 0.15) is 6.04 Å². The highest BCUT2D eigenvalue weighted by Gasteiger charge is 2.33. The fraction of sp³-hybridized carbons (Fsp3) is 0.238. The van der Waals surface area contributed by atoms with Gasteiger partial charge in [0.05, 0.1) is 18.3 Å². The van der Waals surface area contributed by atoms with Gasteiger partial charge in [-0.25, -0.2) is 9.78 Å². The van der Waals surface area contributed by atoms with E-state index in [9.17, 15) is 4.79 Å². The topological polar surface area (TPSA) is 68.5 Å². The number of nitrogens with zero attached hydrogens (tertiary/aromatic N) is 2. The standard InChI is InChI=1S/C21H21N3O2/c1-26-21(25)19-11-6-12-24(19)20-13-18(14-7-2-4-9-16(14)22)23-17-10-5-3-8-15(17)20/h2-5,7-10,13,19H,6,11-12,22H2,1H3/t19-/m0/s1. The van der Waals surface area contributed by atoms with E-state index in [4.69, 9.17) is 15.5 Å². The molecule has 0 amide bonds. The Morgan fingerprint density at radius 3 is 2.77 bits per heavy atom. The number of carbonyl (C=O) groups excluding carboxylic acids is 1. The van der Waals surface area contributed by atoms with Gasteiger partial charge in [-0.2, -0.15) is 0 Å². The molecule has 1 aliphatic rings. The van der Waals surface area contributed by atoms with Gasteiger partial charge in [-0.3, -0.25) is 0 Å². The number of ether oxygens (including phenoxy) is 1. The molecular weight excluding hydrogens is 326 g/mol. The normalized spacial score (nSPS) is 16.8. The van der Waals surface area contributed by atoms with Gasteiger partial charge >= 0.3 is 5.97 Å². The number of aromatic nitrogens is 1. The van der Waals surface area contributed by atoms with Crippen LogP contribution in [0.3, 0.4) is 0 Å². The summed E-state index contributed by atoms with van der Waals surface area (Å²) in [6, 6.07) is 17.5. The van der Waals surface area contributed by atoms with E-state index in [1.807, 2.05) is 54.6 Å². The number of benzene rings is 2. The molecule has 2 heterocycles. The van der Waals surface area contributed by atoms with Crippen LogP contribution >= 0.6 is 0 Å². The average molecular weight is 347 g/mol. The van der Waals surface area contributed by atoms with E-state index in [1.54, 1.807) is 0 Å². The van der Waals surface area contributed by atoms with Gasteiger partial charge < -0.3 is 15.4 Å². The number of esters is 1. The third-order valence-corrected chi connectivity index (χ3v) is 4.97. The van der Waals surface area contributed by atoms with Gasteiger partial charge in [0.15, 0.2) is 0 Å². The third kappa shape index (κ3) is 2.75. The Kier molecular flexibility index (Phi) is 4.21. The smallest absolute Gasteiger partial charge is 0.328 e. The lowest BCUT2D eigenvalue weighted by Gasteiger charge is -2.26. The number of para-hydroxylation sites is 2. The van der Waals surface area contributed by atoms with Crippen molar-refractivity contribution in [3.8, 4) is 11.3 Å². The zero-order valence-electron chi connectivity index (χ0n) is 14.7. The number of rotatable bonds is 3. The minimum Gasteiger partial charge on any atom is -0.467 e. The number of methoxy groups -OCH3 is 1. The minimum atomic E-state index is -0.258. The summed E-state index contributed by atoms with van der Waals surface area (Å²) in [4.78, 5) is 19.2. The first-order valence-electron chi connectivity index (χ1n) is 8.78. The number of pyridine rings is 1. The van der Waals surface area contributed by atoms with Gasteiger partial charge in [0.2, 0.25) is 0 Å². The summed E-state index contributed by atoms with van der Waals surface area (Å²) in [6.45, 7) is 0.817. The Morgan fingerprint density at radius 1 is 1.19 bits per heavy atom. The molecule has 0 saturated carbocycles. The zero-order chi connectivity index (χ0) is 18.1. The molecule has 132 valence electrons. The van der Waals surface area contributed by atoms with E-state index in [2.05, 4.69) is 4.90 Å². The molecule has 4 rings (SSSR count). The van der Waals surface area contributed by atoms with Gasteiger partial charge in [-0.05, 0) is 31.0 Å². The zero-order valence-corrected chi connectivity index (χ0v) is 14.7. The lowest BCUT2D eigenvalue weighted by Crippen LogP contribution is -2.37. The van der Waals surface area contributed by atoms with E-state index >= 15 is 0 Å². The second-order valence-corrected chi connectivity index (χ2v) is 6.51. The second kappa shape index (κ2) is 6.67. The molecule has 3 aromatic rings. The molecule has 1 fully saturated rings. The second-order valence-electron chi connectivity index (χ2n) is 6.51. The molecule has 0 radical (unpaired) electrons. The molecule has 1 aromatic heterocycles. The van der Waals surface area contributed by atoms with Gasteiger partial charge in [-0.15, -0.1) is 0 Å². The summed E-state index contributed by atoms with van der Waals surface area (Å²) < 4.78 is 5.02. The maximum absolute atomic E-state index is 12.2. The van der Waals surface area contributed by atoms with Crippen molar-refractivity contribution in [3.05, 3.63) is 54.6 Å². The quantitative estimate of drug-likeness (QED) is 0.579. The van der Waals surface area contributed by atoms with Crippen molar-refractivity contribution < 1.29 is 9.53 Å². The number of nitrogens with two attached hydrogens (primary N) is 1. The first-order valence-corrected chi connectivity index (χ1v) is 8.78. The predicted molar refractivity (Wildman–Crippen MR) is 104 cm³/mol. The van der Waals surface area contributed by atoms with Crippen molar-refractivity contribution in [3.63, 3.8) is 0 Å². The Labute approximate surface area is 152 Å². The van der Waals surface area contributed by atoms with Crippen LogP contribution in [0.25, 0.3) is 22.2 Å². The number of hydrogen-bond donors (Lipinski definition) is 1. The molecule has 0 spiro atoms. The summed E-state index contributed by atoms with van der Waals surface area (Å²) in [7, 11) is 1.44. The average Bonchev–Trinajstić information content (AvgIpc) is 3.16. The molecule has 0 bridgehead atoms. The van der Waals surface area contributed by atoms with Crippen LogP contribution in [0.4, 0.5) is 11.4 Å². The number of fused-ring (bicyclic) bond motifs is 1. The molecule has 5 heteroatoms. The Balaban J connectivity index is 1.91. The van der Waals surface area contributed by atoms with Crippen LogP contribution in [0.15, 0.2) is 54.6 Å². The van der Waals surface area contributed by atoms with Crippen molar-refractivity contribution in [2.24, 2.45) is 0 Å². The minimum absolute atomic E-state index is 0.191. The van der Waals surface area contributed by atoms with Gasteiger partial charge in [-0.1, -0.05) is 36.4 Å². The van der Waals surface area contributed by atoms with Crippen LogP contribution in [0.5, 0.6) is 0 Å². The maximum atomic E-state index is 12.2. The van der Waals surface area contributed by atoms with Crippen LogP contribution in [-0.2, 0) is 9.53 Å². The number of anilines is 2. The highest BCUT2D eigenvalue weighted by atomic mass is 16.5. The SMILES string of the molecule is COC(=O)[C@@H]1CCCN1c1cc(-c2ccccc2N)nc2ccccc12. The fourth-order valence-corrected chi connectivity index (χ4v) is 3.70. The molecule has 0 aliphatic carbocycles. The Morgan fingerprint density at radius 2 is 1.96 bits per heavy atom. The summed E-state index contributed by atoms with van der Waals surface area (Å²) in [5.41, 5.74) is 10.5. The number of nitrogen functional groups attached to an aromatic ring is 1. The molecule has 1 atom stereocenters. The molecule has 2 aromatic carbocycles. The van der Waals surface area contributed by atoms with Crippen molar-refractivity contribution in [1.29, 1.82) is 0 Å². The van der Waals surface area contributed by atoms with Crippen molar-refractivity contribution in [1.82, 2.24) is 4.98 Å². The lowest BCUT2D eigenvalue weighted by molar-refractivity contribution is -0.141. The Bertz CT molecular complexity index is 970. The molecule has 1 aliphatic heterocycles. The van der Waals surface area contributed by atoms with Crippen LogP contribution in [0, 0.1) is 0 Å². The van der Waals surface area contributed by atoms with E-state index < -0.39 is 0 Å². The van der Waals surface area contributed by atoms with Crippen LogP contribution in [-0.4, -0.2) is 30.6 Å². The summed E-state index contributed by atoms with van der Waals surface area (Å²) >= 11 is 0. The highest BCUT2D eigenvalue weighted by Crippen LogP contribution is 2.36. The monoisotopic (exact) mass is 347 g/mol. The van der Waals surface area contributed by atoms with E-state index in [-0.39, 0.29) is 12.0 Å². The largest absolute Gasteiger partial charge is 0.467 e. The van der Waals surface area contributed by atoms with Crippen LogP contribution in [0.1, 0.15) is 12.8 Å². The molecule has 2 N–H and O–H groups in total. The summed E-state index contributed by atoms with van der Waals surface area (Å²) in [6.07, 6.45) is 1.76. The molecule has 5 nitrogen and oxygen atoms in total. The van der Waals surface area contributed by atoms with Crippen molar-refractivity contribution in [2.45, 2.75) is 18.9 Å².